The van der Waals surface area contributed by atoms with Crippen molar-refractivity contribution in [2.45, 2.75) is 24.7 Å². The van der Waals surface area contributed by atoms with E-state index in [-0.39, 0.29) is 12.2 Å². The van der Waals surface area contributed by atoms with Gasteiger partial charge in [0.05, 0.1) is 17.1 Å². The van der Waals surface area contributed by atoms with Gasteiger partial charge in [-0.25, -0.2) is 8.42 Å². The number of rotatable bonds is 7. The smallest absolute Gasteiger partial charge is 0.305 e. The van der Waals surface area contributed by atoms with E-state index in [0.717, 1.165) is 0 Å². The van der Waals surface area contributed by atoms with Crippen LogP contribution in [-0.4, -0.2) is 31.8 Å². The van der Waals surface area contributed by atoms with Gasteiger partial charge in [0.1, 0.15) is 0 Å². The first-order valence-corrected chi connectivity index (χ1v) is 7.39. The minimum absolute atomic E-state index is 0.0237. The molecule has 0 fully saturated rings. The van der Waals surface area contributed by atoms with Crippen molar-refractivity contribution in [2.75, 3.05) is 17.6 Å². The third-order valence-corrected chi connectivity index (χ3v) is 4.29. The fourth-order valence-electron chi connectivity index (χ4n) is 1.48. The third kappa shape index (κ3) is 4.37. The molecule has 0 atom stereocenters. The molecule has 0 aliphatic heterocycles. The molecule has 0 aromatic heterocycles. The number of hydrogen-bond donors (Lipinski definition) is 2. The molecular formula is C12H17NO4S. The van der Waals surface area contributed by atoms with Gasteiger partial charge < -0.3 is 10.4 Å². The molecule has 1 aromatic carbocycles. The molecule has 0 radical (unpaired) electrons. The second-order valence-corrected chi connectivity index (χ2v) is 6.02. The van der Waals surface area contributed by atoms with Crippen molar-refractivity contribution >= 4 is 21.5 Å². The van der Waals surface area contributed by atoms with E-state index in [2.05, 4.69) is 5.32 Å². The Morgan fingerprint density at radius 1 is 1.28 bits per heavy atom. The summed E-state index contributed by atoms with van der Waals surface area (Å²) >= 11 is 0. The Balaban J connectivity index is 2.65. The molecule has 2 N–H and O–H groups in total. The minimum atomic E-state index is -3.18. The van der Waals surface area contributed by atoms with Gasteiger partial charge >= 0.3 is 5.97 Å². The molecule has 0 saturated carbocycles. The molecule has 0 bridgehead atoms. The molecule has 1 aromatic rings. The second-order valence-electron chi connectivity index (χ2n) is 3.91. The molecule has 0 unspecified atom stereocenters. The largest absolute Gasteiger partial charge is 0.481 e. The molecule has 100 valence electrons. The van der Waals surface area contributed by atoms with Gasteiger partial charge in [0.2, 0.25) is 0 Å². The van der Waals surface area contributed by atoms with E-state index in [9.17, 15) is 13.2 Å². The summed E-state index contributed by atoms with van der Waals surface area (Å²) in [5.74, 6) is -0.733. The van der Waals surface area contributed by atoms with E-state index in [1.807, 2.05) is 6.92 Å². The predicted octanol–water partition coefficient (Wildman–Crippen LogP) is 1.76. The highest BCUT2D eigenvalue weighted by molar-refractivity contribution is 7.91. The fraction of sp³-hybridized carbons (Fsp3) is 0.417. The first-order chi connectivity index (χ1) is 8.45. The maximum atomic E-state index is 11.7. The summed E-state index contributed by atoms with van der Waals surface area (Å²) in [6, 6.07) is 6.36. The Morgan fingerprint density at radius 3 is 2.39 bits per heavy atom. The van der Waals surface area contributed by atoms with Crippen molar-refractivity contribution < 1.29 is 18.3 Å². The normalized spacial score (nSPS) is 11.2. The van der Waals surface area contributed by atoms with Crippen molar-refractivity contribution in [3.8, 4) is 0 Å². The number of benzene rings is 1. The number of nitrogens with one attached hydrogen (secondary N) is 1. The number of hydrogen-bond acceptors (Lipinski definition) is 4. The quantitative estimate of drug-likeness (QED) is 0.789. The average molecular weight is 271 g/mol. The molecule has 18 heavy (non-hydrogen) atoms. The van der Waals surface area contributed by atoms with Gasteiger partial charge in [0.15, 0.2) is 9.84 Å². The summed E-state index contributed by atoms with van der Waals surface area (Å²) in [7, 11) is -3.18. The fourth-order valence-corrected chi connectivity index (χ4v) is 2.80. The first kappa shape index (κ1) is 14.5. The van der Waals surface area contributed by atoms with Crippen LogP contribution >= 0.6 is 0 Å². The summed E-state index contributed by atoms with van der Waals surface area (Å²) in [6.07, 6.45) is 0.608. The van der Waals surface area contributed by atoms with Gasteiger partial charge in [-0.05, 0) is 30.7 Å². The van der Waals surface area contributed by atoms with E-state index in [1.165, 1.54) is 12.1 Å². The lowest BCUT2D eigenvalue weighted by Crippen LogP contribution is -2.08. The van der Waals surface area contributed by atoms with Crippen molar-refractivity contribution in [3.63, 3.8) is 0 Å². The first-order valence-electron chi connectivity index (χ1n) is 5.74. The van der Waals surface area contributed by atoms with Gasteiger partial charge in [-0.2, -0.15) is 0 Å². The molecule has 5 nitrogen and oxygen atoms in total. The van der Waals surface area contributed by atoms with E-state index in [0.29, 0.717) is 23.5 Å². The molecule has 0 spiro atoms. The van der Waals surface area contributed by atoms with Crippen LogP contribution in [0.2, 0.25) is 0 Å². The Bertz CT molecular complexity index is 493. The summed E-state index contributed by atoms with van der Waals surface area (Å²) in [5, 5.41) is 11.4. The topological polar surface area (TPSA) is 83.5 Å². The maximum Gasteiger partial charge on any atom is 0.305 e. The molecular weight excluding hydrogens is 254 g/mol. The van der Waals surface area contributed by atoms with Crippen LogP contribution in [0.25, 0.3) is 0 Å². The Morgan fingerprint density at radius 2 is 1.89 bits per heavy atom. The Kier molecular flexibility index (Phi) is 5.15. The molecule has 0 aliphatic rings. The van der Waals surface area contributed by atoms with E-state index >= 15 is 0 Å². The summed E-state index contributed by atoms with van der Waals surface area (Å²) in [6.45, 7) is 2.13. The van der Waals surface area contributed by atoms with E-state index in [1.54, 1.807) is 12.1 Å². The van der Waals surface area contributed by atoms with E-state index < -0.39 is 15.8 Å². The number of sulfone groups is 1. The zero-order valence-electron chi connectivity index (χ0n) is 10.2. The van der Waals surface area contributed by atoms with Crippen molar-refractivity contribution in [2.24, 2.45) is 0 Å². The predicted molar refractivity (Wildman–Crippen MR) is 69.5 cm³/mol. The van der Waals surface area contributed by atoms with Gasteiger partial charge in [0.25, 0.3) is 0 Å². The second kappa shape index (κ2) is 6.39. The van der Waals surface area contributed by atoms with Crippen molar-refractivity contribution in [1.82, 2.24) is 0 Å². The van der Waals surface area contributed by atoms with Crippen LogP contribution < -0.4 is 5.32 Å². The van der Waals surface area contributed by atoms with Crippen molar-refractivity contribution in [1.29, 1.82) is 0 Å². The zero-order valence-corrected chi connectivity index (χ0v) is 11.0. The highest BCUT2D eigenvalue weighted by Crippen LogP contribution is 2.15. The summed E-state index contributed by atoms with van der Waals surface area (Å²) in [4.78, 5) is 10.6. The van der Waals surface area contributed by atoms with E-state index in [4.69, 9.17) is 5.11 Å². The molecule has 6 heteroatoms. The molecule has 1 rings (SSSR count). The Hall–Kier alpha value is -1.56. The van der Waals surface area contributed by atoms with Gasteiger partial charge in [-0.15, -0.1) is 0 Å². The number of anilines is 1. The number of carbonyl (C=O) groups is 1. The molecule has 0 saturated heterocycles. The van der Waals surface area contributed by atoms with Crippen LogP contribution in [-0.2, 0) is 14.6 Å². The van der Waals surface area contributed by atoms with Crippen molar-refractivity contribution in [3.05, 3.63) is 24.3 Å². The van der Waals surface area contributed by atoms with Crippen LogP contribution in [0, 0.1) is 0 Å². The highest BCUT2D eigenvalue weighted by atomic mass is 32.2. The molecule has 0 heterocycles. The SMILES string of the molecule is CCCS(=O)(=O)c1ccc(NCCC(=O)O)cc1. The van der Waals surface area contributed by atoms with Gasteiger partial charge in [-0.3, -0.25) is 4.79 Å². The summed E-state index contributed by atoms with van der Waals surface area (Å²) < 4.78 is 23.5. The number of aliphatic carboxylic acids is 1. The van der Waals surface area contributed by atoms with Gasteiger partial charge in [-0.1, -0.05) is 6.92 Å². The van der Waals surface area contributed by atoms with Crippen LogP contribution in [0.15, 0.2) is 29.2 Å². The summed E-state index contributed by atoms with van der Waals surface area (Å²) in [5.41, 5.74) is 0.715. The molecule has 0 aliphatic carbocycles. The van der Waals surface area contributed by atoms with Crippen LogP contribution in [0.1, 0.15) is 19.8 Å². The lowest BCUT2D eigenvalue weighted by atomic mass is 10.3. The van der Waals surface area contributed by atoms with Crippen LogP contribution in [0.5, 0.6) is 0 Å². The minimum Gasteiger partial charge on any atom is -0.481 e. The van der Waals surface area contributed by atoms with Gasteiger partial charge in [0, 0.05) is 12.2 Å². The maximum absolute atomic E-state index is 11.7. The highest BCUT2D eigenvalue weighted by Gasteiger charge is 2.12. The molecule has 0 amide bonds. The van der Waals surface area contributed by atoms with Crippen LogP contribution in [0.3, 0.4) is 0 Å². The van der Waals surface area contributed by atoms with Crippen LogP contribution in [0.4, 0.5) is 5.69 Å². The number of carboxylic acids is 1. The zero-order chi connectivity index (χ0) is 13.6. The third-order valence-electron chi connectivity index (χ3n) is 2.35. The lowest BCUT2D eigenvalue weighted by Gasteiger charge is -2.06. The lowest BCUT2D eigenvalue weighted by molar-refractivity contribution is -0.136. The Labute approximate surface area is 107 Å². The number of carboxylic acid groups (broad SMARTS) is 1. The average Bonchev–Trinajstić information content (AvgIpc) is 2.29. The standard InChI is InChI=1S/C12H17NO4S/c1-2-9-18(16,17)11-5-3-10(4-6-11)13-8-7-12(14)15/h3-6,13H,2,7-9H2,1H3,(H,14,15). The monoisotopic (exact) mass is 271 g/mol.